The van der Waals surface area contributed by atoms with Gasteiger partial charge in [-0.05, 0) is 48.9 Å². The molecule has 1 saturated carbocycles. The third kappa shape index (κ3) is 2.83. The van der Waals surface area contributed by atoms with Crippen molar-refractivity contribution in [3.8, 4) is 11.5 Å². The van der Waals surface area contributed by atoms with Gasteiger partial charge in [0.2, 0.25) is 0 Å². The van der Waals surface area contributed by atoms with Gasteiger partial charge in [-0.3, -0.25) is 0 Å². The van der Waals surface area contributed by atoms with Gasteiger partial charge in [-0.15, -0.1) is 0 Å². The zero-order valence-electron chi connectivity index (χ0n) is 12.9. The largest absolute Gasteiger partial charge is 0.493 e. The molecule has 6 nitrogen and oxygen atoms in total. The van der Waals surface area contributed by atoms with Crippen molar-refractivity contribution >= 4 is 6.03 Å². The van der Waals surface area contributed by atoms with Crippen LogP contribution < -0.4 is 20.1 Å². The van der Waals surface area contributed by atoms with E-state index < -0.39 is 5.60 Å². The Hall–Kier alpha value is -1.95. The lowest BCUT2D eigenvalue weighted by molar-refractivity contribution is 0.0410. The SMILES string of the molecule is COc1cc2c(cc1OC)C(O)(CNC(=O)NC1CC1)CC2. The second-order valence-electron chi connectivity index (χ2n) is 6.00. The van der Waals surface area contributed by atoms with E-state index in [0.29, 0.717) is 24.0 Å². The zero-order valence-corrected chi connectivity index (χ0v) is 12.9. The van der Waals surface area contributed by atoms with Crippen molar-refractivity contribution in [3.05, 3.63) is 23.3 Å². The Morgan fingerprint density at radius 2 is 2.00 bits per heavy atom. The van der Waals surface area contributed by atoms with E-state index in [1.807, 2.05) is 12.1 Å². The fraction of sp³-hybridized carbons (Fsp3) is 0.562. The normalized spacial score (nSPS) is 22.9. The molecule has 0 saturated heterocycles. The lowest BCUT2D eigenvalue weighted by atomic mass is 9.95. The van der Waals surface area contributed by atoms with E-state index in [0.717, 1.165) is 30.4 Å². The highest BCUT2D eigenvalue weighted by atomic mass is 16.5. The minimum absolute atomic E-state index is 0.189. The van der Waals surface area contributed by atoms with Crippen molar-refractivity contribution in [1.29, 1.82) is 0 Å². The van der Waals surface area contributed by atoms with Crippen molar-refractivity contribution < 1.29 is 19.4 Å². The molecule has 1 fully saturated rings. The molecule has 120 valence electrons. The number of fused-ring (bicyclic) bond motifs is 1. The third-order valence-corrected chi connectivity index (χ3v) is 4.37. The Balaban J connectivity index is 1.74. The van der Waals surface area contributed by atoms with Gasteiger partial charge in [0.15, 0.2) is 11.5 Å². The molecular weight excluding hydrogens is 284 g/mol. The maximum atomic E-state index is 11.7. The van der Waals surface area contributed by atoms with Crippen molar-refractivity contribution in [2.75, 3.05) is 20.8 Å². The van der Waals surface area contributed by atoms with Gasteiger partial charge in [0.1, 0.15) is 5.60 Å². The highest BCUT2D eigenvalue weighted by Gasteiger charge is 2.38. The van der Waals surface area contributed by atoms with Crippen molar-refractivity contribution in [1.82, 2.24) is 10.6 Å². The number of methoxy groups -OCH3 is 2. The lowest BCUT2D eigenvalue weighted by Crippen LogP contribution is -2.44. The molecule has 1 unspecified atom stereocenters. The van der Waals surface area contributed by atoms with E-state index in [9.17, 15) is 9.90 Å². The average Bonchev–Trinajstić information content (AvgIpc) is 3.28. The number of hydrogen-bond donors (Lipinski definition) is 3. The first-order valence-corrected chi connectivity index (χ1v) is 7.58. The van der Waals surface area contributed by atoms with Gasteiger partial charge in [-0.1, -0.05) is 0 Å². The second-order valence-corrected chi connectivity index (χ2v) is 6.00. The van der Waals surface area contributed by atoms with Gasteiger partial charge in [0, 0.05) is 6.04 Å². The molecule has 2 aliphatic carbocycles. The van der Waals surface area contributed by atoms with E-state index in [4.69, 9.17) is 9.47 Å². The molecule has 6 heteroatoms. The fourth-order valence-corrected chi connectivity index (χ4v) is 2.91. The second kappa shape index (κ2) is 5.68. The summed E-state index contributed by atoms with van der Waals surface area (Å²) in [7, 11) is 3.16. The van der Waals surface area contributed by atoms with E-state index in [-0.39, 0.29) is 12.6 Å². The van der Waals surface area contributed by atoms with Crippen LogP contribution in [0.25, 0.3) is 0 Å². The van der Waals surface area contributed by atoms with Crippen molar-refractivity contribution in [2.45, 2.75) is 37.3 Å². The van der Waals surface area contributed by atoms with E-state index in [1.165, 1.54) is 0 Å². The molecular formula is C16H22N2O4. The van der Waals surface area contributed by atoms with Crippen molar-refractivity contribution in [2.24, 2.45) is 0 Å². The first-order chi connectivity index (χ1) is 10.6. The minimum atomic E-state index is -1.06. The number of hydrogen-bond acceptors (Lipinski definition) is 4. The Kier molecular flexibility index (Phi) is 3.87. The first kappa shape index (κ1) is 15.0. The average molecular weight is 306 g/mol. The van der Waals surface area contributed by atoms with Gasteiger partial charge >= 0.3 is 6.03 Å². The predicted molar refractivity (Wildman–Crippen MR) is 81.3 cm³/mol. The molecule has 0 bridgehead atoms. The van der Waals surface area contributed by atoms with Gasteiger partial charge in [-0.2, -0.15) is 0 Å². The molecule has 3 rings (SSSR count). The van der Waals surface area contributed by atoms with Crippen LogP contribution in [-0.2, 0) is 12.0 Å². The Labute approximate surface area is 129 Å². The summed E-state index contributed by atoms with van der Waals surface area (Å²) in [6, 6.07) is 3.79. The van der Waals surface area contributed by atoms with E-state index >= 15 is 0 Å². The summed E-state index contributed by atoms with van der Waals surface area (Å²) < 4.78 is 10.6. The highest BCUT2D eigenvalue weighted by molar-refractivity contribution is 5.74. The smallest absolute Gasteiger partial charge is 0.315 e. The van der Waals surface area contributed by atoms with Crippen LogP contribution in [0.5, 0.6) is 11.5 Å². The monoisotopic (exact) mass is 306 g/mol. The molecule has 22 heavy (non-hydrogen) atoms. The number of carbonyl (C=O) groups is 1. The summed E-state index contributed by atoms with van der Waals surface area (Å²) >= 11 is 0. The number of benzene rings is 1. The van der Waals surface area contributed by atoms with Gasteiger partial charge in [0.25, 0.3) is 0 Å². The number of amides is 2. The highest BCUT2D eigenvalue weighted by Crippen LogP contribution is 2.42. The first-order valence-electron chi connectivity index (χ1n) is 7.58. The summed E-state index contributed by atoms with van der Waals surface area (Å²) in [5, 5.41) is 16.5. The summed E-state index contributed by atoms with van der Waals surface area (Å²) in [5.41, 5.74) is 0.775. The van der Waals surface area contributed by atoms with Crippen LogP contribution in [0, 0.1) is 0 Å². The van der Waals surface area contributed by atoms with Crippen LogP contribution in [0.3, 0.4) is 0 Å². The van der Waals surface area contributed by atoms with Gasteiger partial charge in [-0.25, -0.2) is 4.79 Å². The molecule has 1 aromatic rings. The molecule has 0 spiro atoms. The standard InChI is InChI=1S/C16H22N2O4/c1-21-13-7-10-5-6-16(20,12(10)8-14(13)22-2)9-17-15(19)18-11-3-4-11/h7-8,11,20H,3-6,9H2,1-2H3,(H2,17,18,19). The third-order valence-electron chi connectivity index (χ3n) is 4.37. The van der Waals surface area contributed by atoms with Crippen LogP contribution in [0.4, 0.5) is 4.79 Å². The molecule has 0 aliphatic heterocycles. The number of carbonyl (C=O) groups excluding carboxylic acids is 1. The number of aryl methyl sites for hydroxylation is 1. The molecule has 3 N–H and O–H groups in total. The maximum absolute atomic E-state index is 11.7. The lowest BCUT2D eigenvalue weighted by Gasteiger charge is -2.25. The molecule has 1 atom stereocenters. The van der Waals surface area contributed by atoms with E-state index in [1.54, 1.807) is 14.2 Å². The summed E-state index contributed by atoms with van der Waals surface area (Å²) in [6.45, 7) is 0.189. The predicted octanol–water partition coefficient (Wildman–Crippen LogP) is 1.30. The van der Waals surface area contributed by atoms with Gasteiger partial charge in [0.05, 0.1) is 20.8 Å². The van der Waals surface area contributed by atoms with Crippen LogP contribution >= 0.6 is 0 Å². The number of aliphatic hydroxyl groups is 1. The Bertz CT molecular complexity index is 586. The number of rotatable bonds is 5. The minimum Gasteiger partial charge on any atom is -0.493 e. The molecule has 0 aromatic heterocycles. The van der Waals surface area contributed by atoms with Gasteiger partial charge < -0.3 is 25.2 Å². The molecule has 0 heterocycles. The summed E-state index contributed by atoms with van der Waals surface area (Å²) in [4.78, 5) is 11.7. The maximum Gasteiger partial charge on any atom is 0.315 e. The zero-order chi connectivity index (χ0) is 15.7. The number of ether oxygens (including phenoxy) is 2. The van der Waals surface area contributed by atoms with Crippen LogP contribution in [0.15, 0.2) is 12.1 Å². The molecule has 2 aliphatic rings. The molecule has 0 radical (unpaired) electrons. The quantitative estimate of drug-likeness (QED) is 0.766. The van der Waals surface area contributed by atoms with Crippen LogP contribution in [0.1, 0.15) is 30.4 Å². The van der Waals surface area contributed by atoms with E-state index in [2.05, 4.69) is 10.6 Å². The summed E-state index contributed by atoms with van der Waals surface area (Å²) in [5.74, 6) is 1.24. The number of urea groups is 1. The van der Waals surface area contributed by atoms with Crippen molar-refractivity contribution in [3.63, 3.8) is 0 Å². The van der Waals surface area contributed by atoms with Crippen LogP contribution in [-0.4, -0.2) is 37.9 Å². The molecule has 2 amide bonds. The Morgan fingerprint density at radius 3 is 2.64 bits per heavy atom. The van der Waals surface area contributed by atoms with Crippen LogP contribution in [0.2, 0.25) is 0 Å². The fourth-order valence-electron chi connectivity index (χ4n) is 2.91. The summed E-state index contributed by atoms with van der Waals surface area (Å²) in [6.07, 6.45) is 3.40. The molecule has 1 aromatic carbocycles. The Morgan fingerprint density at radius 1 is 1.32 bits per heavy atom. The topological polar surface area (TPSA) is 79.8 Å². The number of nitrogens with one attached hydrogen (secondary N) is 2.